The molecule has 1 aromatic heterocycles. The number of aryl methyl sites for hydroxylation is 1. The lowest BCUT2D eigenvalue weighted by atomic mass is 9.89. The molecule has 2 atom stereocenters. The zero-order chi connectivity index (χ0) is 27.9. The molecule has 0 saturated carbocycles. The van der Waals surface area contributed by atoms with Crippen molar-refractivity contribution in [1.82, 2.24) is 19.8 Å². The minimum atomic E-state index is -0.0227. The van der Waals surface area contributed by atoms with Crippen LogP contribution >= 0.6 is 0 Å². The molecule has 218 valence electrons. The predicted octanol–water partition coefficient (Wildman–Crippen LogP) is 2.31. The summed E-state index contributed by atoms with van der Waals surface area (Å²) in [5.74, 6) is 1.25. The number of likely N-dealkylation sites (tertiary alicyclic amines) is 1. The maximum atomic E-state index is 12.2. The lowest BCUT2D eigenvalue weighted by molar-refractivity contribution is -0.214. The predicted molar refractivity (Wildman–Crippen MR) is 156 cm³/mol. The molecular formula is C31H40N6O4. The number of aromatic nitrogens is 2. The summed E-state index contributed by atoms with van der Waals surface area (Å²) in [6.07, 6.45) is 8.02. The molecule has 3 fully saturated rings. The highest BCUT2D eigenvalue weighted by Crippen LogP contribution is 2.38. The number of carbonyl (C=O) groups excluding carboxylic acids is 1. The molecule has 1 amide bonds. The number of hydrogen-bond donors (Lipinski definition) is 1. The van der Waals surface area contributed by atoms with Crippen LogP contribution in [0.15, 0.2) is 24.8 Å². The number of aromatic hydroxyl groups is 1. The molecule has 0 radical (unpaired) electrons. The van der Waals surface area contributed by atoms with Crippen LogP contribution in [0, 0.1) is 0 Å². The van der Waals surface area contributed by atoms with Crippen LogP contribution in [0.25, 0.3) is 0 Å². The van der Waals surface area contributed by atoms with Gasteiger partial charge in [-0.2, -0.15) is 9.97 Å². The van der Waals surface area contributed by atoms with Gasteiger partial charge in [-0.1, -0.05) is 6.58 Å². The Morgan fingerprint density at radius 3 is 2.68 bits per heavy atom. The Balaban J connectivity index is 1.11. The molecule has 41 heavy (non-hydrogen) atoms. The summed E-state index contributed by atoms with van der Waals surface area (Å²) in [5.41, 5.74) is 5.95. The van der Waals surface area contributed by atoms with Crippen LogP contribution < -0.4 is 14.5 Å². The number of carbonyl (C=O) groups is 1. The molecule has 3 saturated heterocycles. The molecule has 7 rings (SSSR count). The molecule has 10 heteroatoms. The Morgan fingerprint density at radius 2 is 1.93 bits per heavy atom. The van der Waals surface area contributed by atoms with E-state index in [2.05, 4.69) is 21.3 Å². The van der Waals surface area contributed by atoms with E-state index in [-0.39, 0.29) is 5.91 Å². The van der Waals surface area contributed by atoms with Gasteiger partial charge in [-0.05, 0) is 61.8 Å². The Labute approximate surface area is 241 Å². The van der Waals surface area contributed by atoms with Gasteiger partial charge in [-0.15, -0.1) is 0 Å². The second-order valence-electron chi connectivity index (χ2n) is 11.9. The van der Waals surface area contributed by atoms with Crippen molar-refractivity contribution in [3.05, 3.63) is 47.2 Å². The van der Waals surface area contributed by atoms with E-state index < -0.39 is 0 Å². The van der Waals surface area contributed by atoms with E-state index in [9.17, 15) is 9.90 Å². The first-order chi connectivity index (χ1) is 20.1. The van der Waals surface area contributed by atoms with Crippen LogP contribution in [0.4, 0.5) is 11.5 Å². The van der Waals surface area contributed by atoms with Gasteiger partial charge in [0.1, 0.15) is 11.6 Å². The van der Waals surface area contributed by atoms with Crippen LogP contribution in [-0.2, 0) is 35.3 Å². The third-order valence-corrected chi connectivity index (χ3v) is 9.47. The van der Waals surface area contributed by atoms with Gasteiger partial charge in [-0.25, -0.2) is 0 Å². The lowest BCUT2D eigenvalue weighted by Crippen LogP contribution is -2.70. The van der Waals surface area contributed by atoms with Crippen LogP contribution in [0.2, 0.25) is 0 Å². The van der Waals surface area contributed by atoms with Gasteiger partial charge < -0.3 is 29.3 Å². The van der Waals surface area contributed by atoms with Gasteiger partial charge in [0, 0.05) is 63.1 Å². The molecule has 4 aliphatic heterocycles. The van der Waals surface area contributed by atoms with Crippen LogP contribution in [0.3, 0.4) is 0 Å². The van der Waals surface area contributed by atoms with Gasteiger partial charge >= 0.3 is 6.01 Å². The van der Waals surface area contributed by atoms with E-state index in [1.807, 2.05) is 17.0 Å². The molecule has 5 heterocycles. The minimum Gasteiger partial charge on any atom is -0.508 e. The Bertz CT molecular complexity index is 1330. The number of rotatable bonds is 8. The molecule has 1 aromatic carbocycles. The van der Waals surface area contributed by atoms with E-state index in [0.29, 0.717) is 63.2 Å². The molecule has 2 aromatic rings. The Morgan fingerprint density at radius 1 is 1.07 bits per heavy atom. The van der Waals surface area contributed by atoms with Gasteiger partial charge in [0.05, 0.1) is 37.6 Å². The standard InChI is InChI=1S/C31H40N6O4/c1-2-29(39)34-11-13-35(14-12-34)30-24-8-10-37(26-17-22(38)16-21-6-3-4-7-23(21)26)18-25(24)32-31(33-30)40-15-5-9-36-19-28-27(36)20-41-28/h2,16-17,27-28,38H,1,3-15,18-20H2/t27-,28?/m0/s1. The van der Waals surface area contributed by atoms with E-state index in [0.717, 1.165) is 69.1 Å². The Kier molecular flexibility index (Phi) is 7.20. The van der Waals surface area contributed by atoms with Crippen molar-refractivity contribution in [2.45, 2.75) is 57.2 Å². The second kappa shape index (κ2) is 11.1. The summed E-state index contributed by atoms with van der Waals surface area (Å²) in [4.78, 5) is 31.0. The van der Waals surface area contributed by atoms with Crippen molar-refractivity contribution < 1.29 is 19.4 Å². The maximum Gasteiger partial charge on any atom is 0.318 e. The zero-order valence-electron chi connectivity index (χ0n) is 23.8. The maximum absolute atomic E-state index is 12.2. The highest BCUT2D eigenvalue weighted by molar-refractivity contribution is 5.87. The summed E-state index contributed by atoms with van der Waals surface area (Å²) in [7, 11) is 0. The molecule has 0 bridgehead atoms. The third kappa shape index (κ3) is 5.12. The van der Waals surface area contributed by atoms with E-state index in [1.165, 1.54) is 35.6 Å². The molecule has 1 aliphatic carbocycles. The fourth-order valence-electron chi connectivity index (χ4n) is 7.05. The van der Waals surface area contributed by atoms with Gasteiger partial charge in [0.2, 0.25) is 5.91 Å². The molecule has 1 N–H and O–H groups in total. The topological polar surface area (TPSA) is 94.5 Å². The number of fused-ring (bicyclic) bond motifs is 3. The highest BCUT2D eigenvalue weighted by Gasteiger charge is 2.46. The number of piperazine rings is 1. The van der Waals surface area contributed by atoms with Crippen molar-refractivity contribution in [2.24, 2.45) is 0 Å². The van der Waals surface area contributed by atoms with Crippen LogP contribution in [-0.4, -0.2) is 102 Å². The third-order valence-electron chi connectivity index (χ3n) is 9.47. The number of morpholine rings is 1. The van der Waals surface area contributed by atoms with Crippen molar-refractivity contribution in [3.63, 3.8) is 0 Å². The summed E-state index contributed by atoms with van der Waals surface area (Å²) in [5, 5.41) is 10.5. The van der Waals surface area contributed by atoms with Crippen LogP contribution in [0.5, 0.6) is 11.8 Å². The van der Waals surface area contributed by atoms with Crippen molar-refractivity contribution in [2.75, 3.05) is 68.8 Å². The molecule has 0 spiro atoms. The number of anilines is 2. The molecular weight excluding hydrogens is 520 g/mol. The Hall–Kier alpha value is -3.37. The quantitative estimate of drug-likeness (QED) is 0.386. The SMILES string of the molecule is C=CC(=O)N1CCN(c2nc(OCCCN3CC4OC[C@@H]43)nc3c2CCN(c2cc(O)cc4c2CCCC4)C3)CC1. The summed E-state index contributed by atoms with van der Waals surface area (Å²) in [6, 6.07) is 4.90. The van der Waals surface area contributed by atoms with Gasteiger partial charge in [-0.3, -0.25) is 9.69 Å². The number of hydrogen-bond acceptors (Lipinski definition) is 9. The molecule has 5 aliphatic rings. The first-order valence-corrected chi connectivity index (χ1v) is 15.2. The fourth-order valence-corrected chi connectivity index (χ4v) is 7.05. The largest absolute Gasteiger partial charge is 0.508 e. The smallest absolute Gasteiger partial charge is 0.318 e. The van der Waals surface area contributed by atoms with Crippen molar-refractivity contribution >= 4 is 17.4 Å². The van der Waals surface area contributed by atoms with E-state index >= 15 is 0 Å². The number of nitrogens with zero attached hydrogens (tertiary/aromatic N) is 6. The van der Waals surface area contributed by atoms with E-state index in [1.54, 1.807) is 0 Å². The van der Waals surface area contributed by atoms with Crippen LogP contribution in [0.1, 0.15) is 41.6 Å². The highest BCUT2D eigenvalue weighted by atomic mass is 16.5. The van der Waals surface area contributed by atoms with E-state index in [4.69, 9.17) is 19.4 Å². The number of amides is 1. The molecule has 10 nitrogen and oxygen atoms in total. The first-order valence-electron chi connectivity index (χ1n) is 15.2. The fraction of sp³-hybridized carbons (Fsp3) is 0.581. The van der Waals surface area contributed by atoms with Crippen molar-refractivity contribution in [3.8, 4) is 11.8 Å². The van der Waals surface area contributed by atoms with Gasteiger partial charge in [0.15, 0.2) is 0 Å². The number of ether oxygens (including phenoxy) is 2. The minimum absolute atomic E-state index is 0.0227. The number of phenolic OH excluding ortho intramolecular Hbond substituents is 1. The zero-order valence-corrected chi connectivity index (χ0v) is 23.8. The normalized spacial score (nSPS) is 23.6. The average Bonchev–Trinajstić information content (AvgIpc) is 2.99. The summed E-state index contributed by atoms with van der Waals surface area (Å²) < 4.78 is 11.7. The number of benzene rings is 1. The second-order valence-corrected chi connectivity index (χ2v) is 11.9. The number of phenols is 1. The summed E-state index contributed by atoms with van der Waals surface area (Å²) in [6.45, 7) is 11.3. The lowest BCUT2D eigenvalue weighted by Gasteiger charge is -2.55. The monoisotopic (exact) mass is 560 g/mol. The van der Waals surface area contributed by atoms with Crippen molar-refractivity contribution in [1.29, 1.82) is 0 Å². The molecule has 1 unspecified atom stereocenters. The summed E-state index contributed by atoms with van der Waals surface area (Å²) >= 11 is 0. The van der Waals surface area contributed by atoms with Gasteiger partial charge in [0.25, 0.3) is 0 Å². The first kappa shape index (κ1) is 26.5. The average molecular weight is 561 g/mol.